The summed E-state index contributed by atoms with van der Waals surface area (Å²) in [6, 6.07) is 20.6. The lowest BCUT2D eigenvalue weighted by atomic mass is 9.96. The topological polar surface area (TPSA) is 59.4 Å². The van der Waals surface area contributed by atoms with Crippen molar-refractivity contribution in [1.29, 1.82) is 5.26 Å². The molecule has 0 atom stereocenters. The number of nitrogens with one attached hydrogen (secondary N) is 1. The molecule has 2 fully saturated rings. The number of nitriles is 1. The average molecular weight is 389 g/mol. The fourth-order valence-electron chi connectivity index (χ4n) is 4.25. The van der Waals surface area contributed by atoms with Crippen molar-refractivity contribution in [3.05, 3.63) is 65.7 Å². The molecule has 1 heterocycles. The van der Waals surface area contributed by atoms with Gasteiger partial charge >= 0.3 is 0 Å². The zero-order valence-electron chi connectivity index (χ0n) is 16.8. The molecular weight excluding hydrogens is 360 g/mol. The van der Waals surface area contributed by atoms with Crippen LogP contribution in [0.3, 0.4) is 0 Å². The second-order valence-corrected chi connectivity index (χ2v) is 8.17. The molecule has 1 aliphatic heterocycles. The van der Waals surface area contributed by atoms with Crippen LogP contribution < -0.4 is 10.2 Å². The van der Waals surface area contributed by atoms with Crippen molar-refractivity contribution in [2.45, 2.75) is 24.7 Å². The average Bonchev–Trinajstić information content (AvgIpc) is 3.58. The molecule has 0 unspecified atom stereocenters. The molecule has 0 radical (unpaired) electrons. The van der Waals surface area contributed by atoms with Crippen LogP contribution in [-0.4, -0.2) is 50.1 Å². The number of nitrogens with zero attached hydrogens (tertiary/aromatic N) is 3. The molecule has 150 valence electrons. The van der Waals surface area contributed by atoms with Crippen molar-refractivity contribution >= 4 is 11.6 Å². The summed E-state index contributed by atoms with van der Waals surface area (Å²) in [4.78, 5) is 17.1. The molecule has 5 heteroatoms. The lowest BCUT2D eigenvalue weighted by Crippen LogP contribution is -2.41. The first kappa shape index (κ1) is 19.5. The van der Waals surface area contributed by atoms with E-state index in [1.165, 1.54) is 5.56 Å². The largest absolute Gasteiger partial charge is 0.369 e. The van der Waals surface area contributed by atoms with Crippen molar-refractivity contribution in [1.82, 2.24) is 10.2 Å². The van der Waals surface area contributed by atoms with Crippen LogP contribution in [0.2, 0.25) is 0 Å². The van der Waals surface area contributed by atoms with Gasteiger partial charge in [0.05, 0.1) is 17.8 Å². The van der Waals surface area contributed by atoms with E-state index in [2.05, 4.69) is 45.5 Å². The van der Waals surface area contributed by atoms with Crippen molar-refractivity contribution in [2.75, 3.05) is 44.2 Å². The fourth-order valence-corrected chi connectivity index (χ4v) is 4.25. The van der Waals surface area contributed by atoms with Gasteiger partial charge in [-0.1, -0.05) is 42.5 Å². The highest BCUT2D eigenvalue weighted by Gasteiger charge is 2.44. The van der Waals surface area contributed by atoms with Gasteiger partial charge in [0, 0.05) is 38.1 Å². The molecule has 0 spiro atoms. The summed E-state index contributed by atoms with van der Waals surface area (Å²) in [5.74, 6) is 0.109. The summed E-state index contributed by atoms with van der Waals surface area (Å²) in [6.07, 6.45) is 3.28. The monoisotopic (exact) mass is 388 g/mol. The number of para-hydroxylation sites is 1. The molecule has 2 aliphatic rings. The Labute approximate surface area is 172 Å². The van der Waals surface area contributed by atoms with Gasteiger partial charge in [0.25, 0.3) is 0 Å². The van der Waals surface area contributed by atoms with Crippen LogP contribution in [0.5, 0.6) is 0 Å². The Morgan fingerprint density at radius 3 is 2.52 bits per heavy atom. The molecule has 0 aromatic heterocycles. The molecule has 0 bridgehead atoms. The predicted octanol–water partition coefficient (Wildman–Crippen LogP) is 2.92. The highest BCUT2D eigenvalue weighted by molar-refractivity contribution is 5.78. The zero-order valence-corrected chi connectivity index (χ0v) is 16.8. The molecule has 2 aromatic carbocycles. The molecule has 1 saturated heterocycles. The van der Waals surface area contributed by atoms with Gasteiger partial charge in [0.15, 0.2) is 0 Å². The smallest absolute Gasteiger partial charge is 0.234 e. The SMILES string of the molecule is N#Cc1ccccc1N1CCCN(CC(=O)NCC2(c3ccccc3)CC2)CC1. The molecule has 1 saturated carbocycles. The lowest BCUT2D eigenvalue weighted by Gasteiger charge is -2.24. The van der Waals surface area contributed by atoms with Crippen molar-refractivity contribution in [3.63, 3.8) is 0 Å². The van der Waals surface area contributed by atoms with Crippen LogP contribution in [0, 0.1) is 11.3 Å². The first-order valence-electron chi connectivity index (χ1n) is 10.5. The predicted molar refractivity (Wildman–Crippen MR) is 115 cm³/mol. The van der Waals surface area contributed by atoms with E-state index in [0.29, 0.717) is 12.1 Å². The Balaban J connectivity index is 1.28. The third-order valence-electron chi connectivity index (χ3n) is 6.18. The number of carbonyl (C=O) groups excluding carboxylic acids is 1. The number of rotatable bonds is 6. The van der Waals surface area contributed by atoms with E-state index in [9.17, 15) is 10.1 Å². The van der Waals surface area contributed by atoms with E-state index in [1.54, 1.807) is 0 Å². The van der Waals surface area contributed by atoms with E-state index < -0.39 is 0 Å². The van der Waals surface area contributed by atoms with Crippen LogP contribution in [0.1, 0.15) is 30.4 Å². The summed E-state index contributed by atoms with van der Waals surface area (Å²) in [5, 5.41) is 12.5. The number of hydrogen-bond donors (Lipinski definition) is 1. The minimum absolute atomic E-state index is 0.109. The van der Waals surface area contributed by atoms with Gasteiger partial charge in [-0.15, -0.1) is 0 Å². The van der Waals surface area contributed by atoms with E-state index >= 15 is 0 Å². The minimum atomic E-state index is 0.109. The van der Waals surface area contributed by atoms with Crippen LogP contribution in [0.25, 0.3) is 0 Å². The Kier molecular flexibility index (Phi) is 5.82. The normalized spacial score (nSPS) is 18.5. The third-order valence-corrected chi connectivity index (χ3v) is 6.18. The number of benzene rings is 2. The van der Waals surface area contributed by atoms with Crippen molar-refractivity contribution < 1.29 is 4.79 Å². The van der Waals surface area contributed by atoms with Crippen LogP contribution in [0.4, 0.5) is 5.69 Å². The molecular formula is C24H28N4O. The molecule has 2 aromatic rings. The molecule has 29 heavy (non-hydrogen) atoms. The first-order valence-corrected chi connectivity index (χ1v) is 10.5. The molecule has 1 aliphatic carbocycles. The Hall–Kier alpha value is -2.84. The van der Waals surface area contributed by atoms with Gasteiger partial charge in [0.2, 0.25) is 5.91 Å². The van der Waals surface area contributed by atoms with E-state index in [0.717, 1.165) is 57.7 Å². The van der Waals surface area contributed by atoms with E-state index in [1.807, 2.05) is 30.3 Å². The number of carbonyl (C=O) groups is 1. The minimum Gasteiger partial charge on any atom is -0.369 e. The maximum Gasteiger partial charge on any atom is 0.234 e. The molecule has 4 rings (SSSR count). The quantitative estimate of drug-likeness (QED) is 0.827. The summed E-state index contributed by atoms with van der Waals surface area (Å²) in [7, 11) is 0. The Morgan fingerprint density at radius 1 is 1.00 bits per heavy atom. The third kappa shape index (κ3) is 4.60. The van der Waals surface area contributed by atoms with Gasteiger partial charge in [-0.2, -0.15) is 5.26 Å². The number of anilines is 1. The van der Waals surface area contributed by atoms with Gasteiger partial charge in [-0.3, -0.25) is 9.69 Å². The maximum atomic E-state index is 12.6. The van der Waals surface area contributed by atoms with E-state index in [4.69, 9.17) is 0 Å². The van der Waals surface area contributed by atoms with Crippen LogP contribution in [0.15, 0.2) is 54.6 Å². The summed E-state index contributed by atoms with van der Waals surface area (Å²) in [5.41, 5.74) is 3.20. The van der Waals surface area contributed by atoms with E-state index in [-0.39, 0.29) is 11.3 Å². The molecule has 1 amide bonds. The Morgan fingerprint density at radius 2 is 1.76 bits per heavy atom. The Bertz CT molecular complexity index is 885. The van der Waals surface area contributed by atoms with Gasteiger partial charge in [-0.25, -0.2) is 0 Å². The fraction of sp³-hybridized carbons (Fsp3) is 0.417. The second kappa shape index (κ2) is 8.67. The second-order valence-electron chi connectivity index (χ2n) is 8.17. The number of amides is 1. The molecule has 5 nitrogen and oxygen atoms in total. The van der Waals surface area contributed by atoms with Gasteiger partial charge in [-0.05, 0) is 37.0 Å². The van der Waals surface area contributed by atoms with Gasteiger partial charge < -0.3 is 10.2 Å². The lowest BCUT2D eigenvalue weighted by molar-refractivity contribution is -0.122. The highest BCUT2D eigenvalue weighted by Crippen LogP contribution is 2.47. The number of hydrogen-bond acceptors (Lipinski definition) is 4. The van der Waals surface area contributed by atoms with Crippen LogP contribution in [-0.2, 0) is 10.2 Å². The van der Waals surface area contributed by atoms with Crippen molar-refractivity contribution in [3.8, 4) is 6.07 Å². The van der Waals surface area contributed by atoms with Crippen LogP contribution >= 0.6 is 0 Å². The zero-order chi connectivity index (χ0) is 20.1. The van der Waals surface area contributed by atoms with Gasteiger partial charge in [0.1, 0.15) is 6.07 Å². The summed E-state index contributed by atoms with van der Waals surface area (Å²) in [6.45, 7) is 4.65. The van der Waals surface area contributed by atoms with Crippen molar-refractivity contribution in [2.24, 2.45) is 0 Å². The standard InChI is InChI=1S/C24H28N4O/c25-17-20-7-4-5-10-22(20)28-14-6-13-27(15-16-28)18-23(29)26-19-24(11-12-24)21-8-2-1-3-9-21/h1-5,7-10H,6,11-16,18-19H2,(H,26,29). The maximum absolute atomic E-state index is 12.6. The molecule has 1 N–H and O–H groups in total. The summed E-state index contributed by atoms with van der Waals surface area (Å²) < 4.78 is 0. The first-order chi connectivity index (χ1) is 14.2. The summed E-state index contributed by atoms with van der Waals surface area (Å²) >= 11 is 0. The highest BCUT2D eigenvalue weighted by atomic mass is 16.2.